The maximum absolute atomic E-state index is 13.1. The predicted octanol–water partition coefficient (Wildman–Crippen LogP) is 2.57. The number of piperidine rings is 1. The largest absolute Gasteiger partial charge is 0.469 e. The first-order valence-electron chi connectivity index (χ1n) is 7.17. The minimum Gasteiger partial charge on any atom is -0.469 e. The van der Waals surface area contributed by atoms with Gasteiger partial charge in [0.05, 0.1) is 13.0 Å². The highest BCUT2D eigenvalue weighted by atomic mass is 18.2. The number of carbonyl (C=O) groups is 1. The molecule has 3 nitrogen and oxygen atoms in total. The van der Waals surface area contributed by atoms with Crippen LogP contribution in [0, 0.1) is 11.7 Å². The fourth-order valence-corrected chi connectivity index (χ4v) is 3.98. The van der Waals surface area contributed by atoms with Crippen molar-refractivity contribution in [1.82, 2.24) is 4.90 Å². The van der Waals surface area contributed by atoms with Crippen LogP contribution >= 0.6 is 0 Å². The lowest BCUT2D eigenvalue weighted by molar-refractivity contribution is -0.150. The number of esters is 1. The van der Waals surface area contributed by atoms with Crippen LogP contribution in [0.1, 0.15) is 30.7 Å². The second-order valence-electron chi connectivity index (χ2n) is 5.91. The summed E-state index contributed by atoms with van der Waals surface area (Å²) < 4.78 is 18.1. The van der Waals surface area contributed by atoms with Crippen LogP contribution in [0.25, 0.3) is 0 Å². The van der Waals surface area contributed by atoms with E-state index in [-0.39, 0.29) is 29.7 Å². The Bertz CT molecular complexity index is 502. The zero-order valence-corrected chi connectivity index (χ0v) is 11.9. The van der Waals surface area contributed by atoms with Crippen molar-refractivity contribution in [2.24, 2.45) is 5.92 Å². The maximum Gasteiger partial charge on any atom is 0.310 e. The van der Waals surface area contributed by atoms with Gasteiger partial charge in [0, 0.05) is 18.0 Å². The first kappa shape index (κ1) is 13.6. The molecule has 0 aromatic heterocycles. The minimum atomic E-state index is -0.237. The van der Waals surface area contributed by atoms with Gasteiger partial charge in [-0.15, -0.1) is 0 Å². The molecule has 4 heteroatoms. The number of hydrogen-bond donors (Lipinski definition) is 0. The Kier molecular flexibility index (Phi) is 3.50. The van der Waals surface area contributed by atoms with Crippen LogP contribution in [0.4, 0.5) is 4.39 Å². The molecule has 0 amide bonds. The van der Waals surface area contributed by atoms with E-state index in [1.165, 1.54) is 19.2 Å². The van der Waals surface area contributed by atoms with Crippen molar-refractivity contribution in [3.8, 4) is 0 Å². The summed E-state index contributed by atoms with van der Waals surface area (Å²) >= 11 is 0. The molecule has 108 valence electrons. The van der Waals surface area contributed by atoms with Gasteiger partial charge < -0.3 is 4.74 Å². The highest BCUT2D eigenvalue weighted by molar-refractivity contribution is 5.75. The second kappa shape index (κ2) is 5.17. The molecule has 0 aliphatic carbocycles. The molecular weight excluding hydrogens is 256 g/mol. The lowest BCUT2D eigenvalue weighted by Gasteiger charge is -2.41. The summed E-state index contributed by atoms with van der Waals surface area (Å²) in [6.45, 7) is 0. The Hall–Kier alpha value is -1.42. The lowest BCUT2D eigenvalue weighted by atomic mass is 9.76. The molecule has 2 fully saturated rings. The molecule has 0 saturated carbocycles. The van der Waals surface area contributed by atoms with Gasteiger partial charge in [0.1, 0.15) is 5.82 Å². The Morgan fingerprint density at radius 3 is 2.65 bits per heavy atom. The zero-order valence-electron chi connectivity index (χ0n) is 11.9. The first-order chi connectivity index (χ1) is 9.61. The summed E-state index contributed by atoms with van der Waals surface area (Å²) in [6.07, 6.45) is 3.11. The normalized spacial score (nSPS) is 33.1. The molecule has 0 radical (unpaired) electrons. The van der Waals surface area contributed by atoms with Gasteiger partial charge in [-0.2, -0.15) is 0 Å². The minimum absolute atomic E-state index is 0.136. The van der Waals surface area contributed by atoms with Crippen molar-refractivity contribution < 1.29 is 13.9 Å². The lowest BCUT2D eigenvalue weighted by Crippen LogP contribution is -2.49. The standard InChI is InChI=1S/C16H20FNO2/c1-18-12-7-8-14(18)15(16(19)20-2)13(9-12)10-3-5-11(17)6-4-10/h3-6,12-15H,7-9H2,1-2H3/t12-,13+,14+,15-/m0/s1/i17-1. The van der Waals surface area contributed by atoms with E-state index >= 15 is 0 Å². The number of benzene rings is 1. The highest BCUT2D eigenvalue weighted by Crippen LogP contribution is 2.46. The molecule has 20 heavy (non-hydrogen) atoms. The number of carbonyl (C=O) groups excluding carboxylic acids is 1. The molecule has 3 rings (SSSR count). The van der Waals surface area contributed by atoms with Crippen LogP contribution in [0.15, 0.2) is 24.3 Å². The highest BCUT2D eigenvalue weighted by Gasteiger charge is 2.49. The molecular formula is C16H20FNO2. The molecule has 2 bridgehead atoms. The van der Waals surface area contributed by atoms with Crippen LogP contribution in [-0.2, 0) is 9.53 Å². The predicted molar refractivity (Wildman–Crippen MR) is 73.8 cm³/mol. The van der Waals surface area contributed by atoms with Gasteiger partial charge >= 0.3 is 5.97 Å². The molecule has 2 saturated heterocycles. The summed E-state index contributed by atoms with van der Waals surface area (Å²) in [6, 6.07) is 7.34. The van der Waals surface area contributed by atoms with Gasteiger partial charge in [0.15, 0.2) is 0 Å². The van der Waals surface area contributed by atoms with Crippen molar-refractivity contribution in [3.05, 3.63) is 35.6 Å². The van der Waals surface area contributed by atoms with E-state index in [1.807, 2.05) is 0 Å². The van der Waals surface area contributed by atoms with Gasteiger partial charge in [0.25, 0.3) is 0 Å². The average molecular weight is 276 g/mol. The number of nitrogens with zero attached hydrogens (tertiary/aromatic N) is 1. The molecule has 0 N–H and O–H groups in total. The Labute approximate surface area is 118 Å². The van der Waals surface area contributed by atoms with Gasteiger partial charge in [-0.3, -0.25) is 9.69 Å². The molecule has 4 atom stereocenters. The topological polar surface area (TPSA) is 29.5 Å². The van der Waals surface area contributed by atoms with E-state index in [2.05, 4.69) is 11.9 Å². The summed E-state index contributed by atoms with van der Waals surface area (Å²) in [5.74, 6) is -0.387. The van der Waals surface area contributed by atoms with Crippen molar-refractivity contribution in [1.29, 1.82) is 0 Å². The summed E-state index contributed by atoms with van der Waals surface area (Å²) in [4.78, 5) is 14.5. The second-order valence-corrected chi connectivity index (χ2v) is 5.91. The maximum atomic E-state index is 13.1. The van der Waals surface area contributed by atoms with Gasteiger partial charge in [0.2, 0.25) is 0 Å². The number of ether oxygens (including phenoxy) is 1. The van der Waals surface area contributed by atoms with Gasteiger partial charge in [-0.05, 0) is 44.0 Å². The Balaban J connectivity index is 1.95. The number of fused-ring (bicyclic) bond motifs is 2. The molecule has 0 unspecified atom stereocenters. The SMILES string of the molecule is COC(=O)[C@H]1[C@@H](c2ccc([18F])cc2)C[C@@H]2CC[C@H]1N2C. The zero-order chi connectivity index (χ0) is 14.3. The molecule has 1 aromatic rings. The fraction of sp³-hybridized carbons (Fsp3) is 0.562. The van der Waals surface area contributed by atoms with Crippen LogP contribution in [-0.4, -0.2) is 37.1 Å². The molecule has 0 spiro atoms. The molecule has 1 aromatic carbocycles. The third kappa shape index (κ3) is 2.12. The average Bonchev–Trinajstić information content (AvgIpc) is 2.70. The van der Waals surface area contributed by atoms with Gasteiger partial charge in [-0.1, -0.05) is 12.1 Å². The number of rotatable bonds is 2. The number of halogens is 1. The molecule has 2 aliphatic heterocycles. The van der Waals surface area contributed by atoms with Crippen LogP contribution in [0.2, 0.25) is 0 Å². The van der Waals surface area contributed by atoms with E-state index in [4.69, 9.17) is 4.74 Å². The number of methoxy groups -OCH3 is 1. The fourth-order valence-electron chi connectivity index (χ4n) is 3.98. The molecule has 2 heterocycles. The quantitative estimate of drug-likeness (QED) is 0.778. The van der Waals surface area contributed by atoms with E-state index < -0.39 is 0 Å². The monoisotopic (exact) mass is 276 g/mol. The first-order valence-corrected chi connectivity index (χ1v) is 7.17. The van der Waals surface area contributed by atoms with Crippen LogP contribution in [0.5, 0.6) is 0 Å². The van der Waals surface area contributed by atoms with Crippen molar-refractivity contribution in [2.75, 3.05) is 14.2 Å². The Morgan fingerprint density at radius 1 is 1.30 bits per heavy atom. The van der Waals surface area contributed by atoms with Crippen molar-refractivity contribution >= 4 is 5.97 Å². The summed E-state index contributed by atoms with van der Waals surface area (Å²) in [7, 11) is 3.55. The Morgan fingerprint density at radius 2 is 2.00 bits per heavy atom. The van der Waals surface area contributed by atoms with E-state index in [1.54, 1.807) is 12.1 Å². The van der Waals surface area contributed by atoms with Crippen LogP contribution < -0.4 is 0 Å². The smallest absolute Gasteiger partial charge is 0.310 e. The van der Waals surface area contributed by atoms with Crippen LogP contribution in [0.3, 0.4) is 0 Å². The molecule has 2 aliphatic rings. The van der Waals surface area contributed by atoms with E-state index in [0.29, 0.717) is 6.04 Å². The van der Waals surface area contributed by atoms with Gasteiger partial charge in [-0.25, -0.2) is 4.39 Å². The third-order valence-corrected chi connectivity index (χ3v) is 5.04. The summed E-state index contributed by atoms with van der Waals surface area (Å²) in [5.41, 5.74) is 1.05. The van der Waals surface area contributed by atoms with Crippen molar-refractivity contribution in [3.63, 3.8) is 0 Å². The summed E-state index contributed by atoms with van der Waals surface area (Å²) in [5, 5.41) is 0. The number of hydrogen-bond acceptors (Lipinski definition) is 3. The van der Waals surface area contributed by atoms with E-state index in [9.17, 15) is 9.18 Å². The third-order valence-electron chi connectivity index (χ3n) is 5.04. The van der Waals surface area contributed by atoms with E-state index in [0.717, 1.165) is 24.8 Å². The van der Waals surface area contributed by atoms with Crippen molar-refractivity contribution in [2.45, 2.75) is 37.3 Å².